The summed E-state index contributed by atoms with van der Waals surface area (Å²) in [6, 6.07) is 5.39. The summed E-state index contributed by atoms with van der Waals surface area (Å²) in [5.41, 5.74) is -0.0239. The van der Waals surface area contributed by atoms with Crippen LogP contribution in [0.15, 0.2) is 23.2 Å². The minimum absolute atomic E-state index is 0.0239. The van der Waals surface area contributed by atoms with Crippen LogP contribution in [0.1, 0.15) is 31.4 Å². The Morgan fingerprint density at radius 2 is 1.86 bits per heavy atom. The summed E-state index contributed by atoms with van der Waals surface area (Å²) < 4.78 is 26.9. The van der Waals surface area contributed by atoms with Gasteiger partial charge in [-0.1, -0.05) is 0 Å². The molecular weight excluding hydrogens is 300 g/mol. The molecule has 22 heavy (non-hydrogen) atoms. The van der Waals surface area contributed by atoms with Crippen LogP contribution in [0.5, 0.6) is 0 Å². The first-order chi connectivity index (χ1) is 10.6. The molecule has 0 amide bonds. The zero-order valence-corrected chi connectivity index (χ0v) is 13.3. The summed E-state index contributed by atoms with van der Waals surface area (Å²) in [7, 11) is -3.62. The van der Waals surface area contributed by atoms with Gasteiger partial charge in [0.15, 0.2) is 5.69 Å². The van der Waals surface area contributed by atoms with Gasteiger partial charge in [-0.2, -0.15) is 9.57 Å². The zero-order valence-electron chi connectivity index (χ0n) is 12.5. The molecule has 0 unspecified atom stereocenters. The molecule has 1 aromatic rings. The quantitative estimate of drug-likeness (QED) is 0.836. The summed E-state index contributed by atoms with van der Waals surface area (Å²) in [5, 5.41) is 9.06. The number of nitrogens with zero attached hydrogens (tertiary/aromatic N) is 4. The van der Waals surface area contributed by atoms with Gasteiger partial charge in [0.1, 0.15) is 11.0 Å². The summed E-state index contributed by atoms with van der Waals surface area (Å²) in [6.07, 6.45) is 5.67. The molecular formula is C15H20N4O2S. The van der Waals surface area contributed by atoms with Crippen LogP contribution in [0.3, 0.4) is 0 Å². The summed E-state index contributed by atoms with van der Waals surface area (Å²) >= 11 is 0. The summed E-state index contributed by atoms with van der Waals surface area (Å²) in [4.78, 5) is 6.37. The maximum Gasteiger partial charge on any atom is 0.245 e. The first kappa shape index (κ1) is 15.4. The van der Waals surface area contributed by atoms with E-state index in [9.17, 15) is 8.42 Å². The number of aromatic nitrogens is 1. The van der Waals surface area contributed by atoms with Crippen LogP contribution in [-0.4, -0.2) is 54.8 Å². The van der Waals surface area contributed by atoms with Crippen LogP contribution in [-0.2, 0) is 10.0 Å². The average Bonchev–Trinajstić information content (AvgIpc) is 3.09. The Morgan fingerprint density at radius 1 is 1.18 bits per heavy atom. The van der Waals surface area contributed by atoms with Crippen molar-refractivity contribution in [2.45, 2.75) is 36.6 Å². The molecule has 1 aromatic heterocycles. The van der Waals surface area contributed by atoms with Crippen molar-refractivity contribution < 1.29 is 8.42 Å². The van der Waals surface area contributed by atoms with Gasteiger partial charge in [-0.05, 0) is 50.9 Å². The first-order valence-electron chi connectivity index (χ1n) is 7.72. The molecule has 2 aliphatic heterocycles. The molecule has 0 spiro atoms. The fourth-order valence-electron chi connectivity index (χ4n) is 3.38. The fourth-order valence-corrected chi connectivity index (χ4v) is 4.94. The minimum Gasteiger partial charge on any atom is -0.300 e. The smallest absolute Gasteiger partial charge is 0.245 e. The monoisotopic (exact) mass is 320 g/mol. The molecule has 0 radical (unpaired) electrons. The van der Waals surface area contributed by atoms with E-state index in [4.69, 9.17) is 5.26 Å². The van der Waals surface area contributed by atoms with Crippen molar-refractivity contribution in [3.8, 4) is 6.07 Å². The van der Waals surface area contributed by atoms with Crippen molar-refractivity contribution in [3.05, 3.63) is 24.0 Å². The Labute approximate surface area is 131 Å². The largest absolute Gasteiger partial charge is 0.300 e. The van der Waals surface area contributed by atoms with Gasteiger partial charge in [0.25, 0.3) is 0 Å². The van der Waals surface area contributed by atoms with Gasteiger partial charge in [-0.15, -0.1) is 0 Å². The Balaban J connectivity index is 1.73. The lowest BCUT2D eigenvalue weighted by Gasteiger charge is -2.36. The van der Waals surface area contributed by atoms with Gasteiger partial charge in [-0.25, -0.2) is 13.4 Å². The third kappa shape index (κ3) is 2.86. The van der Waals surface area contributed by atoms with Crippen molar-refractivity contribution in [1.82, 2.24) is 14.2 Å². The summed E-state index contributed by atoms with van der Waals surface area (Å²) in [6.45, 7) is 3.31. The third-order valence-corrected chi connectivity index (χ3v) is 6.51. The SMILES string of the molecule is N#Cc1ncccc1S(=O)(=O)N1CCC(N2CCCC2)CC1. The van der Waals surface area contributed by atoms with Gasteiger partial charge < -0.3 is 4.90 Å². The number of hydrogen-bond acceptors (Lipinski definition) is 5. The number of pyridine rings is 1. The normalized spacial score (nSPS) is 21.8. The van der Waals surface area contributed by atoms with E-state index in [1.807, 2.05) is 6.07 Å². The molecule has 2 aliphatic rings. The summed E-state index contributed by atoms with van der Waals surface area (Å²) in [5.74, 6) is 0. The highest BCUT2D eigenvalue weighted by atomic mass is 32.2. The third-order valence-electron chi connectivity index (χ3n) is 4.57. The van der Waals surface area contributed by atoms with E-state index in [1.165, 1.54) is 29.4 Å². The first-order valence-corrected chi connectivity index (χ1v) is 9.16. The van der Waals surface area contributed by atoms with Crippen molar-refractivity contribution >= 4 is 10.0 Å². The van der Waals surface area contributed by atoms with Crippen LogP contribution in [0.2, 0.25) is 0 Å². The fraction of sp³-hybridized carbons (Fsp3) is 0.600. The van der Waals surface area contributed by atoms with E-state index >= 15 is 0 Å². The molecule has 0 aliphatic carbocycles. The van der Waals surface area contributed by atoms with E-state index in [1.54, 1.807) is 6.07 Å². The molecule has 0 bridgehead atoms. The minimum atomic E-state index is -3.62. The van der Waals surface area contributed by atoms with Crippen molar-refractivity contribution in [3.63, 3.8) is 0 Å². The Bertz CT molecular complexity index is 669. The van der Waals surface area contributed by atoms with Crippen molar-refractivity contribution in [2.24, 2.45) is 0 Å². The lowest BCUT2D eigenvalue weighted by Crippen LogP contribution is -2.45. The second-order valence-electron chi connectivity index (χ2n) is 5.84. The molecule has 0 saturated carbocycles. The molecule has 0 atom stereocenters. The van der Waals surface area contributed by atoms with Gasteiger partial charge in [-0.3, -0.25) is 0 Å². The van der Waals surface area contributed by atoms with E-state index in [-0.39, 0.29) is 10.6 Å². The van der Waals surface area contributed by atoms with E-state index < -0.39 is 10.0 Å². The zero-order chi connectivity index (χ0) is 15.6. The van der Waals surface area contributed by atoms with Gasteiger partial charge in [0.2, 0.25) is 10.0 Å². The Hall–Kier alpha value is -1.49. The van der Waals surface area contributed by atoms with Crippen LogP contribution >= 0.6 is 0 Å². The lowest BCUT2D eigenvalue weighted by molar-refractivity contribution is 0.168. The Morgan fingerprint density at radius 3 is 2.50 bits per heavy atom. The van der Waals surface area contributed by atoms with E-state index in [2.05, 4.69) is 9.88 Å². The predicted molar refractivity (Wildman–Crippen MR) is 81.5 cm³/mol. The molecule has 2 fully saturated rings. The van der Waals surface area contributed by atoms with Gasteiger partial charge >= 0.3 is 0 Å². The predicted octanol–water partition coefficient (Wildman–Crippen LogP) is 1.20. The van der Waals surface area contributed by atoms with Crippen LogP contribution in [0.4, 0.5) is 0 Å². The number of piperidine rings is 1. The highest BCUT2D eigenvalue weighted by Gasteiger charge is 2.33. The number of sulfonamides is 1. The number of likely N-dealkylation sites (tertiary alicyclic amines) is 1. The maximum absolute atomic E-state index is 12.7. The second kappa shape index (κ2) is 6.32. The van der Waals surface area contributed by atoms with Gasteiger partial charge in [0.05, 0.1) is 0 Å². The standard InChI is InChI=1S/C15H20N4O2S/c16-12-14-15(4-3-7-17-14)22(20,21)19-10-5-13(6-11-19)18-8-1-2-9-18/h3-4,7,13H,1-2,5-6,8-11H2. The topological polar surface area (TPSA) is 77.3 Å². The number of nitriles is 1. The highest BCUT2D eigenvalue weighted by molar-refractivity contribution is 7.89. The van der Waals surface area contributed by atoms with Crippen molar-refractivity contribution in [1.29, 1.82) is 5.26 Å². The van der Waals surface area contributed by atoms with Crippen LogP contribution < -0.4 is 0 Å². The molecule has 2 saturated heterocycles. The molecule has 7 heteroatoms. The second-order valence-corrected chi connectivity index (χ2v) is 7.75. The highest BCUT2D eigenvalue weighted by Crippen LogP contribution is 2.26. The van der Waals surface area contributed by atoms with E-state index in [0.717, 1.165) is 25.9 Å². The van der Waals surface area contributed by atoms with Gasteiger partial charge in [0, 0.05) is 25.3 Å². The Kier molecular flexibility index (Phi) is 4.43. The molecule has 0 aromatic carbocycles. The molecule has 0 N–H and O–H groups in total. The van der Waals surface area contributed by atoms with Crippen LogP contribution in [0, 0.1) is 11.3 Å². The van der Waals surface area contributed by atoms with Crippen molar-refractivity contribution in [2.75, 3.05) is 26.2 Å². The number of hydrogen-bond donors (Lipinski definition) is 0. The lowest BCUT2D eigenvalue weighted by atomic mass is 10.1. The average molecular weight is 320 g/mol. The molecule has 3 rings (SSSR count). The maximum atomic E-state index is 12.7. The molecule has 118 valence electrons. The number of rotatable bonds is 3. The molecule has 3 heterocycles. The van der Waals surface area contributed by atoms with E-state index in [0.29, 0.717) is 19.1 Å². The molecule has 6 nitrogen and oxygen atoms in total. The van der Waals surface area contributed by atoms with Crippen LogP contribution in [0.25, 0.3) is 0 Å².